The van der Waals surface area contributed by atoms with Crippen molar-refractivity contribution in [3.63, 3.8) is 0 Å². The average molecular weight is 602 g/mol. The number of benzene rings is 2. The molecule has 0 saturated heterocycles. The monoisotopic (exact) mass is 600 g/mol. The molecule has 1 N–H and O–H groups in total. The van der Waals surface area contributed by atoms with Crippen molar-refractivity contribution in [1.29, 1.82) is 0 Å². The first kappa shape index (κ1) is 32.2. The number of aryl methyl sites for hydroxylation is 1. The molecule has 0 unspecified atom stereocenters. The standard InChI is InChI=1S/C32H40Cl2N3O4/c1-36(2)32(39)41-26-16-14-21-37(24-26)20-11-7-5-3-4-6-8-12-22-40-30(38)23-25-15-9-10-19-29(25)35-31-27(33)17-13-18-28(31)34/h9-10,13-19,21,24,35H,3-8,11-12,20,22-23H2,1-2H3/q+1. The maximum Gasteiger partial charge on any atom is 0.414 e. The van der Waals surface area contributed by atoms with Gasteiger partial charge in [0.05, 0.1) is 28.8 Å². The SMILES string of the molecule is CN(C)C(=O)Oc1ccc[n+](CCCCCCCCCCOC(=O)Cc2ccccc2Nc2c(Cl)cccc2Cl)c1. The lowest BCUT2D eigenvalue weighted by Gasteiger charge is -2.14. The second-order valence-corrected chi connectivity index (χ2v) is 11.0. The number of hydrogen-bond acceptors (Lipinski definition) is 5. The molecule has 3 aromatic rings. The Bertz CT molecular complexity index is 1250. The summed E-state index contributed by atoms with van der Waals surface area (Å²) < 4.78 is 12.9. The van der Waals surface area contributed by atoms with Crippen LogP contribution in [0.5, 0.6) is 5.75 Å². The first-order valence-corrected chi connectivity index (χ1v) is 14.9. The van der Waals surface area contributed by atoms with Gasteiger partial charge >= 0.3 is 12.1 Å². The van der Waals surface area contributed by atoms with Crippen molar-refractivity contribution >= 4 is 46.6 Å². The number of esters is 1. The Kier molecular flexibility index (Phi) is 13.8. The van der Waals surface area contributed by atoms with Crippen LogP contribution in [0.15, 0.2) is 67.0 Å². The molecule has 1 heterocycles. The Hall–Kier alpha value is -3.29. The summed E-state index contributed by atoms with van der Waals surface area (Å²) in [5.41, 5.74) is 2.22. The number of halogens is 2. The molecule has 9 heteroatoms. The number of carbonyl (C=O) groups is 2. The molecular formula is C32H40Cl2N3O4+. The summed E-state index contributed by atoms with van der Waals surface area (Å²) in [4.78, 5) is 25.6. The predicted octanol–water partition coefficient (Wildman–Crippen LogP) is 7.99. The van der Waals surface area contributed by atoms with E-state index in [4.69, 9.17) is 32.7 Å². The summed E-state index contributed by atoms with van der Waals surface area (Å²) in [5.74, 6) is 0.307. The van der Waals surface area contributed by atoms with Crippen molar-refractivity contribution in [1.82, 2.24) is 4.90 Å². The highest BCUT2D eigenvalue weighted by Gasteiger charge is 2.13. The van der Waals surface area contributed by atoms with Crippen LogP contribution in [0.2, 0.25) is 10.0 Å². The number of nitrogens with zero attached hydrogens (tertiary/aromatic N) is 2. The van der Waals surface area contributed by atoms with Crippen molar-refractivity contribution in [3.05, 3.63) is 82.6 Å². The molecule has 0 aliphatic heterocycles. The Balaban J connectivity index is 1.24. The molecule has 0 atom stereocenters. The number of rotatable bonds is 16. The summed E-state index contributed by atoms with van der Waals surface area (Å²) in [6.45, 7) is 1.33. The van der Waals surface area contributed by atoms with Crippen molar-refractivity contribution in [3.8, 4) is 5.75 Å². The van der Waals surface area contributed by atoms with Gasteiger partial charge in [0.15, 0.2) is 11.9 Å². The van der Waals surface area contributed by atoms with Crippen molar-refractivity contribution < 1.29 is 23.6 Å². The molecule has 0 spiro atoms. The van der Waals surface area contributed by atoms with Crippen LogP contribution in [0.1, 0.15) is 56.9 Å². The number of nitrogens with one attached hydrogen (secondary N) is 1. The quantitative estimate of drug-likeness (QED) is 0.102. The van der Waals surface area contributed by atoms with Gasteiger partial charge in [-0.2, -0.15) is 0 Å². The summed E-state index contributed by atoms with van der Waals surface area (Å²) in [5, 5.41) is 4.28. The Labute approximate surface area is 253 Å². The second-order valence-electron chi connectivity index (χ2n) is 10.1. The number of para-hydroxylation sites is 2. The first-order valence-electron chi connectivity index (χ1n) is 14.2. The highest BCUT2D eigenvalue weighted by Crippen LogP contribution is 2.33. The van der Waals surface area contributed by atoms with E-state index in [1.54, 1.807) is 38.4 Å². The van der Waals surface area contributed by atoms with Crippen LogP contribution in [0.25, 0.3) is 0 Å². The molecule has 0 aliphatic carbocycles. The van der Waals surface area contributed by atoms with Gasteiger partial charge in [0.2, 0.25) is 6.20 Å². The number of unbranched alkanes of at least 4 members (excludes halogenated alkanes) is 7. The van der Waals surface area contributed by atoms with Gasteiger partial charge in [0, 0.05) is 32.3 Å². The smallest absolute Gasteiger partial charge is 0.414 e. The lowest BCUT2D eigenvalue weighted by atomic mass is 10.1. The lowest BCUT2D eigenvalue weighted by molar-refractivity contribution is -0.697. The third kappa shape index (κ3) is 11.6. The van der Waals surface area contributed by atoms with E-state index in [0.717, 1.165) is 49.9 Å². The molecule has 0 saturated carbocycles. The van der Waals surface area contributed by atoms with Gasteiger partial charge in [0.25, 0.3) is 0 Å². The first-order chi connectivity index (χ1) is 19.8. The molecule has 0 radical (unpaired) electrons. The van der Waals surface area contributed by atoms with Crippen LogP contribution in [0.3, 0.4) is 0 Å². The zero-order chi connectivity index (χ0) is 29.5. The molecule has 2 aromatic carbocycles. The van der Waals surface area contributed by atoms with E-state index in [2.05, 4.69) is 9.88 Å². The molecule has 0 fully saturated rings. The largest absolute Gasteiger partial charge is 0.465 e. The number of hydrogen-bond donors (Lipinski definition) is 1. The Morgan fingerprint density at radius 3 is 2.20 bits per heavy atom. The number of amides is 1. The fourth-order valence-electron chi connectivity index (χ4n) is 4.29. The van der Waals surface area contributed by atoms with Crippen LogP contribution in [0.4, 0.5) is 16.2 Å². The minimum Gasteiger partial charge on any atom is -0.465 e. The van der Waals surface area contributed by atoms with Crippen LogP contribution in [0, 0.1) is 0 Å². The minimum atomic E-state index is -0.379. The number of pyridine rings is 1. The molecular weight excluding hydrogens is 561 g/mol. The number of carbonyl (C=O) groups excluding carboxylic acids is 2. The number of aromatic nitrogens is 1. The average Bonchev–Trinajstić information content (AvgIpc) is 2.94. The molecule has 3 rings (SSSR count). The van der Waals surface area contributed by atoms with E-state index in [1.165, 1.54) is 24.2 Å². The third-order valence-corrected chi connectivity index (χ3v) is 7.18. The highest BCUT2D eigenvalue weighted by atomic mass is 35.5. The zero-order valence-electron chi connectivity index (χ0n) is 23.9. The van der Waals surface area contributed by atoms with E-state index in [0.29, 0.717) is 28.1 Å². The number of ether oxygens (including phenoxy) is 2. The van der Waals surface area contributed by atoms with Crippen molar-refractivity contribution in [2.45, 2.75) is 64.3 Å². The highest BCUT2D eigenvalue weighted by molar-refractivity contribution is 6.39. The van der Waals surface area contributed by atoms with Gasteiger partial charge in [0.1, 0.15) is 6.54 Å². The van der Waals surface area contributed by atoms with Gasteiger partial charge in [-0.25, -0.2) is 9.36 Å². The van der Waals surface area contributed by atoms with Crippen molar-refractivity contribution in [2.24, 2.45) is 0 Å². The molecule has 7 nitrogen and oxygen atoms in total. The van der Waals surface area contributed by atoms with E-state index >= 15 is 0 Å². The van der Waals surface area contributed by atoms with Gasteiger partial charge in [-0.1, -0.05) is 79.6 Å². The van der Waals surface area contributed by atoms with E-state index in [9.17, 15) is 9.59 Å². The fourth-order valence-corrected chi connectivity index (χ4v) is 4.78. The summed E-state index contributed by atoms with van der Waals surface area (Å²) in [6.07, 6.45) is 12.5. The zero-order valence-corrected chi connectivity index (χ0v) is 25.4. The summed E-state index contributed by atoms with van der Waals surface area (Å²) in [7, 11) is 3.33. The van der Waals surface area contributed by atoms with E-state index < -0.39 is 0 Å². The van der Waals surface area contributed by atoms with Crippen LogP contribution >= 0.6 is 23.2 Å². The molecule has 1 amide bonds. The van der Waals surface area contributed by atoms with Crippen LogP contribution in [-0.4, -0.2) is 37.7 Å². The molecule has 41 heavy (non-hydrogen) atoms. The van der Waals surface area contributed by atoms with Crippen molar-refractivity contribution in [2.75, 3.05) is 26.0 Å². The van der Waals surface area contributed by atoms with Crippen LogP contribution < -0.4 is 14.6 Å². The number of anilines is 2. The second kappa shape index (κ2) is 17.5. The molecule has 220 valence electrons. The fraction of sp³-hybridized carbons (Fsp3) is 0.406. The topological polar surface area (TPSA) is 71.8 Å². The lowest BCUT2D eigenvalue weighted by Crippen LogP contribution is -2.33. The predicted molar refractivity (Wildman–Crippen MR) is 164 cm³/mol. The van der Waals surface area contributed by atoms with Gasteiger partial charge in [-0.15, -0.1) is 0 Å². The van der Waals surface area contributed by atoms with E-state index in [1.807, 2.05) is 42.7 Å². The van der Waals surface area contributed by atoms with Crippen LogP contribution in [-0.2, 0) is 22.5 Å². The Morgan fingerprint density at radius 2 is 1.49 bits per heavy atom. The maximum absolute atomic E-state index is 12.5. The molecule has 1 aromatic heterocycles. The molecule has 0 bridgehead atoms. The maximum atomic E-state index is 12.5. The normalized spacial score (nSPS) is 10.7. The van der Waals surface area contributed by atoms with E-state index in [-0.39, 0.29) is 18.5 Å². The van der Waals surface area contributed by atoms with Gasteiger partial charge in [-0.05, 0) is 42.7 Å². The Morgan fingerprint density at radius 1 is 0.829 bits per heavy atom. The summed E-state index contributed by atoms with van der Waals surface area (Å²) >= 11 is 12.6. The summed E-state index contributed by atoms with van der Waals surface area (Å²) in [6, 6.07) is 16.6. The van der Waals surface area contributed by atoms with Gasteiger partial charge in [-0.3, -0.25) is 4.79 Å². The van der Waals surface area contributed by atoms with Gasteiger partial charge < -0.3 is 19.7 Å². The minimum absolute atomic E-state index is 0.176. The third-order valence-electron chi connectivity index (χ3n) is 6.55. The molecule has 0 aliphatic rings.